The first-order valence-corrected chi connectivity index (χ1v) is 11.7. The molecule has 36 heavy (non-hydrogen) atoms. The molecule has 0 aliphatic carbocycles. The lowest BCUT2D eigenvalue weighted by Crippen LogP contribution is -2.40. The number of carbonyl (C=O) groups is 1. The van der Waals surface area contributed by atoms with Crippen LogP contribution in [0.3, 0.4) is 0 Å². The van der Waals surface area contributed by atoms with Gasteiger partial charge in [0.2, 0.25) is 0 Å². The maximum Gasteiger partial charge on any atom is 0.416 e. The van der Waals surface area contributed by atoms with Gasteiger partial charge in [0, 0.05) is 18.5 Å². The van der Waals surface area contributed by atoms with Crippen LogP contribution in [0.1, 0.15) is 73.4 Å². The number of alkyl halides is 6. The molecule has 3 atom stereocenters. The average Bonchev–Trinajstić information content (AvgIpc) is 2.78. The van der Waals surface area contributed by atoms with E-state index in [1.807, 2.05) is 6.92 Å². The highest BCUT2D eigenvalue weighted by Gasteiger charge is 2.37. The van der Waals surface area contributed by atoms with Gasteiger partial charge in [-0.25, -0.2) is 0 Å². The number of hydrogen-bond acceptors (Lipinski definition) is 2. The third-order valence-corrected chi connectivity index (χ3v) is 6.71. The number of halogens is 6. The SMILES string of the molecule is C=C(C)CCC(c1ccc(C(F)(F)F)cc1)N1CCC(CC(=O)O)CC1c1ccc(C(F)(F)F)cc1. The van der Waals surface area contributed by atoms with E-state index in [9.17, 15) is 36.2 Å². The zero-order valence-corrected chi connectivity index (χ0v) is 19.9. The monoisotopic (exact) mass is 513 g/mol. The summed E-state index contributed by atoms with van der Waals surface area (Å²) < 4.78 is 78.7. The Morgan fingerprint density at radius 1 is 1.00 bits per heavy atom. The van der Waals surface area contributed by atoms with Crippen molar-refractivity contribution in [3.8, 4) is 0 Å². The van der Waals surface area contributed by atoms with Crippen molar-refractivity contribution in [1.82, 2.24) is 4.90 Å². The number of likely N-dealkylation sites (tertiary alicyclic amines) is 1. The summed E-state index contributed by atoms with van der Waals surface area (Å²) in [6.45, 7) is 6.25. The van der Waals surface area contributed by atoms with E-state index in [1.54, 1.807) is 0 Å². The van der Waals surface area contributed by atoms with Gasteiger partial charge < -0.3 is 5.11 Å². The zero-order valence-electron chi connectivity index (χ0n) is 19.9. The van der Waals surface area contributed by atoms with Gasteiger partial charge in [0.25, 0.3) is 0 Å². The normalized spacial score (nSPS) is 20.2. The van der Waals surface area contributed by atoms with Crippen LogP contribution in [0, 0.1) is 5.92 Å². The summed E-state index contributed by atoms with van der Waals surface area (Å²) in [7, 11) is 0. The summed E-state index contributed by atoms with van der Waals surface area (Å²) in [4.78, 5) is 13.4. The number of nitrogens with zero attached hydrogens (tertiary/aromatic N) is 1. The van der Waals surface area contributed by atoms with Crippen molar-refractivity contribution in [3.63, 3.8) is 0 Å². The second-order valence-corrected chi connectivity index (χ2v) is 9.49. The van der Waals surface area contributed by atoms with E-state index in [-0.39, 0.29) is 24.4 Å². The number of aliphatic carboxylic acids is 1. The largest absolute Gasteiger partial charge is 0.481 e. The van der Waals surface area contributed by atoms with Gasteiger partial charge in [0.05, 0.1) is 11.1 Å². The van der Waals surface area contributed by atoms with E-state index < -0.39 is 29.4 Å². The molecule has 0 amide bonds. The summed E-state index contributed by atoms with van der Waals surface area (Å²) in [5.74, 6) is -1.11. The molecule has 1 saturated heterocycles. The molecule has 0 radical (unpaired) electrons. The average molecular weight is 514 g/mol. The number of benzene rings is 2. The van der Waals surface area contributed by atoms with Crippen LogP contribution in [0.25, 0.3) is 0 Å². The standard InChI is InChI=1S/C27H29F6NO2/c1-17(2)3-12-23(19-4-8-21(9-5-19)26(28,29)30)34-14-13-18(16-25(35)36)15-24(34)20-6-10-22(11-7-20)27(31,32)33/h4-11,18,23-24H,1,3,12-16H2,2H3,(H,35,36). The highest BCUT2D eigenvalue weighted by Crippen LogP contribution is 2.43. The predicted octanol–water partition coefficient (Wildman–Crippen LogP) is 8.05. The van der Waals surface area contributed by atoms with Crippen molar-refractivity contribution in [3.05, 3.63) is 82.9 Å². The molecule has 196 valence electrons. The lowest BCUT2D eigenvalue weighted by atomic mass is 9.82. The second-order valence-electron chi connectivity index (χ2n) is 9.49. The fourth-order valence-electron chi connectivity index (χ4n) is 4.89. The highest BCUT2D eigenvalue weighted by molar-refractivity contribution is 5.67. The minimum Gasteiger partial charge on any atom is -0.481 e. The van der Waals surface area contributed by atoms with Crippen LogP contribution in [0.15, 0.2) is 60.7 Å². The van der Waals surface area contributed by atoms with Gasteiger partial charge in [0.1, 0.15) is 0 Å². The third kappa shape index (κ3) is 7.12. The summed E-state index contributed by atoms with van der Waals surface area (Å²) in [5, 5.41) is 9.30. The number of carboxylic acids is 1. The Bertz CT molecular complexity index is 1040. The second kappa shape index (κ2) is 11.1. The predicted molar refractivity (Wildman–Crippen MR) is 124 cm³/mol. The van der Waals surface area contributed by atoms with Crippen molar-refractivity contribution >= 4 is 5.97 Å². The third-order valence-electron chi connectivity index (χ3n) is 6.71. The summed E-state index contributed by atoms with van der Waals surface area (Å²) in [6.07, 6.45) is -6.86. The summed E-state index contributed by atoms with van der Waals surface area (Å²) >= 11 is 0. The smallest absolute Gasteiger partial charge is 0.416 e. The minimum atomic E-state index is -4.49. The van der Waals surface area contributed by atoms with Crippen molar-refractivity contribution in [2.24, 2.45) is 5.92 Å². The molecule has 1 N–H and O–H groups in total. The highest BCUT2D eigenvalue weighted by atomic mass is 19.4. The molecule has 2 aromatic carbocycles. The number of rotatable bonds is 8. The molecule has 9 heteroatoms. The Hall–Kier alpha value is -2.81. The van der Waals surface area contributed by atoms with Gasteiger partial charge in [-0.3, -0.25) is 9.69 Å². The molecule has 0 saturated carbocycles. The molecule has 1 heterocycles. The fraction of sp³-hybridized carbons (Fsp3) is 0.444. The van der Waals surface area contributed by atoms with Crippen molar-refractivity contribution < 1.29 is 36.2 Å². The van der Waals surface area contributed by atoms with Gasteiger partial charge in [-0.1, -0.05) is 29.8 Å². The van der Waals surface area contributed by atoms with Gasteiger partial charge in [-0.15, -0.1) is 6.58 Å². The van der Waals surface area contributed by atoms with Crippen LogP contribution in [-0.4, -0.2) is 22.5 Å². The molecular weight excluding hydrogens is 484 g/mol. The van der Waals surface area contributed by atoms with Crippen LogP contribution in [0.5, 0.6) is 0 Å². The first-order valence-electron chi connectivity index (χ1n) is 11.7. The molecule has 2 aromatic rings. The summed E-state index contributed by atoms with van der Waals surface area (Å²) in [6, 6.07) is 9.09. The maximum absolute atomic E-state index is 13.1. The van der Waals surface area contributed by atoms with Crippen LogP contribution in [0.4, 0.5) is 26.3 Å². The molecule has 0 spiro atoms. The molecule has 3 nitrogen and oxygen atoms in total. The molecule has 0 bridgehead atoms. The molecule has 0 aromatic heterocycles. The van der Waals surface area contributed by atoms with E-state index >= 15 is 0 Å². The Labute approximate surface area is 206 Å². The maximum atomic E-state index is 13.1. The number of allylic oxidation sites excluding steroid dienone is 1. The van der Waals surface area contributed by atoms with Crippen molar-refractivity contribution in [2.75, 3.05) is 6.54 Å². The Morgan fingerprint density at radius 3 is 2.00 bits per heavy atom. The van der Waals surface area contributed by atoms with E-state index in [2.05, 4.69) is 11.5 Å². The lowest BCUT2D eigenvalue weighted by molar-refractivity contribution is -0.139. The number of carboxylic acid groups (broad SMARTS) is 1. The van der Waals surface area contributed by atoms with E-state index in [4.69, 9.17) is 0 Å². The van der Waals surface area contributed by atoms with Crippen molar-refractivity contribution in [1.29, 1.82) is 0 Å². The molecular formula is C27H29F6NO2. The Kier molecular flexibility index (Phi) is 8.54. The quantitative estimate of drug-likeness (QED) is 0.287. The molecule has 3 unspecified atom stereocenters. The molecule has 3 rings (SSSR count). The molecule has 1 fully saturated rings. The van der Waals surface area contributed by atoms with E-state index in [1.165, 1.54) is 24.3 Å². The van der Waals surface area contributed by atoms with Gasteiger partial charge in [0.15, 0.2) is 0 Å². The zero-order chi connectivity index (χ0) is 26.7. The van der Waals surface area contributed by atoms with Crippen LogP contribution in [0.2, 0.25) is 0 Å². The van der Waals surface area contributed by atoms with Gasteiger partial charge in [-0.2, -0.15) is 26.3 Å². The first kappa shape index (κ1) is 27.8. The van der Waals surface area contributed by atoms with Crippen molar-refractivity contribution in [2.45, 2.75) is 63.5 Å². The Balaban J connectivity index is 2.00. The molecule has 1 aliphatic rings. The van der Waals surface area contributed by atoms with E-state index in [0.717, 1.165) is 29.8 Å². The topological polar surface area (TPSA) is 40.5 Å². The van der Waals surface area contributed by atoms with Crippen LogP contribution < -0.4 is 0 Å². The summed E-state index contributed by atoms with van der Waals surface area (Å²) in [5.41, 5.74) is 0.642. The van der Waals surface area contributed by atoms with Crippen LogP contribution in [-0.2, 0) is 17.1 Å². The molecule has 1 aliphatic heterocycles. The van der Waals surface area contributed by atoms with Crippen LogP contribution >= 0.6 is 0 Å². The van der Waals surface area contributed by atoms with Gasteiger partial charge >= 0.3 is 18.3 Å². The first-order chi connectivity index (χ1) is 16.8. The number of hydrogen-bond donors (Lipinski definition) is 1. The Morgan fingerprint density at radius 2 is 1.53 bits per heavy atom. The fourth-order valence-corrected chi connectivity index (χ4v) is 4.89. The van der Waals surface area contributed by atoms with Gasteiger partial charge in [-0.05, 0) is 80.5 Å². The minimum absolute atomic E-state index is 0.0539. The van der Waals surface area contributed by atoms with E-state index in [0.29, 0.717) is 43.4 Å². The lowest BCUT2D eigenvalue weighted by Gasteiger charge is -2.44. The number of piperidine rings is 1.